The Balaban J connectivity index is 2.19. The SMILES string of the molecule is CSCCCCCNC(=O)N1CC(C)C(C(=O)O)C1. The molecule has 0 aromatic heterocycles. The Hall–Kier alpha value is -0.910. The summed E-state index contributed by atoms with van der Waals surface area (Å²) in [5, 5.41) is 11.9. The van der Waals surface area contributed by atoms with E-state index < -0.39 is 11.9 Å². The maximum atomic E-state index is 11.9. The van der Waals surface area contributed by atoms with E-state index in [1.807, 2.05) is 18.7 Å². The fourth-order valence-electron chi connectivity index (χ4n) is 2.31. The van der Waals surface area contributed by atoms with Gasteiger partial charge >= 0.3 is 12.0 Å². The van der Waals surface area contributed by atoms with Gasteiger partial charge in [0, 0.05) is 19.6 Å². The highest BCUT2D eigenvalue weighted by Gasteiger charge is 2.36. The molecule has 1 heterocycles. The highest BCUT2D eigenvalue weighted by molar-refractivity contribution is 7.98. The van der Waals surface area contributed by atoms with Gasteiger partial charge in [0.2, 0.25) is 0 Å². The van der Waals surface area contributed by atoms with Gasteiger partial charge in [0.25, 0.3) is 0 Å². The fraction of sp³-hybridized carbons (Fsp3) is 0.846. The molecular formula is C13H24N2O3S. The average Bonchev–Trinajstić information content (AvgIpc) is 2.75. The van der Waals surface area contributed by atoms with Crippen LogP contribution in [0.2, 0.25) is 0 Å². The third-order valence-electron chi connectivity index (χ3n) is 3.52. The van der Waals surface area contributed by atoms with Gasteiger partial charge in [0.05, 0.1) is 5.92 Å². The van der Waals surface area contributed by atoms with E-state index in [2.05, 4.69) is 11.6 Å². The van der Waals surface area contributed by atoms with E-state index in [0.29, 0.717) is 19.6 Å². The van der Waals surface area contributed by atoms with Crippen molar-refractivity contribution < 1.29 is 14.7 Å². The standard InChI is InChI=1S/C13H24N2O3S/c1-10-8-15(9-11(10)12(16)17)13(18)14-6-4-3-5-7-19-2/h10-11H,3-9H2,1-2H3,(H,14,18)(H,16,17). The molecule has 2 atom stereocenters. The maximum Gasteiger partial charge on any atom is 0.317 e. The van der Waals surface area contributed by atoms with Crippen LogP contribution in [-0.4, -0.2) is 53.6 Å². The van der Waals surface area contributed by atoms with E-state index in [1.165, 1.54) is 6.42 Å². The molecule has 0 aromatic rings. The summed E-state index contributed by atoms with van der Waals surface area (Å²) in [6.07, 6.45) is 5.38. The lowest BCUT2D eigenvalue weighted by molar-refractivity contribution is -0.142. The van der Waals surface area contributed by atoms with E-state index in [-0.39, 0.29) is 11.9 Å². The van der Waals surface area contributed by atoms with Gasteiger partial charge in [-0.15, -0.1) is 0 Å². The molecular weight excluding hydrogens is 264 g/mol. The summed E-state index contributed by atoms with van der Waals surface area (Å²) in [6.45, 7) is 3.42. The predicted molar refractivity (Wildman–Crippen MR) is 77.5 cm³/mol. The number of nitrogens with one attached hydrogen (secondary N) is 1. The molecule has 0 aliphatic carbocycles. The van der Waals surface area contributed by atoms with E-state index in [1.54, 1.807) is 4.90 Å². The maximum absolute atomic E-state index is 11.9. The van der Waals surface area contributed by atoms with Crippen LogP contribution in [0.25, 0.3) is 0 Å². The largest absolute Gasteiger partial charge is 0.481 e. The van der Waals surface area contributed by atoms with Crippen molar-refractivity contribution in [2.24, 2.45) is 11.8 Å². The summed E-state index contributed by atoms with van der Waals surface area (Å²) in [7, 11) is 0. The number of carboxylic acids is 1. The Kier molecular flexibility index (Phi) is 7.05. The highest BCUT2D eigenvalue weighted by atomic mass is 32.2. The molecule has 1 fully saturated rings. The molecule has 0 bridgehead atoms. The first-order valence-electron chi connectivity index (χ1n) is 6.80. The average molecular weight is 288 g/mol. The molecule has 5 nitrogen and oxygen atoms in total. The van der Waals surface area contributed by atoms with Crippen LogP contribution in [0.15, 0.2) is 0 Å². The number of aliphatic carboxylic acids is 1. The fourth-order valence-corrected chi connectivity index (χ4v) is 2.80. The minimum Gasteiger partial charge on any atom is -0.481 e. The van der Waals surface area contributed by atoms with Gasteiger partial charge in [-0.3, -0.25) is 4.79 Å². The lowest BCUT2D eigenvalue weighted by atomic mass is 9.99. The third-order valence-corrected chi connectivity index (χ3v) is 4.22. The number of thioether (sulfide) groups is 1. The van der Waals surface area contributed by atoms with Crippen molar-refractivity contribution in [3.8, 4) is 0 Å². The van der Waals surface area contributed by atoms with Gasteiger partial charge in [-0.25, -0.2) is 4.79 Å². The zero-order valence-corrected chi connectivity index (χ0v) is 12.5. The van der Waals surface area contributed by atoms with Crippen LogP contribution in [0.5, 0.6) is 0 Å². The number of amides is 2. The summed E-state index contributed by atoms with van der Waals surface area (Å²) in [5.74, 6) is -0.0326. The third kappa shape index (κ3) is 5.30. The molecule has 0 radical (unpaired) electrons. The van der Waals surface area contributed by atoms with Crippen LogP contribution >= 0.6 is 11.8 Å². The monoisotopic (exact) mass is 288 g/mol. The Labute approximate surface area is 119 Å². The second kappa shape index (κ2) is 8.30. The zero-order chi connectivity index (χ0) is 14.3. The number of hydrogen-bond acceptors (Lipinski definition) is 3. The number of likely N-dealkylation sites (tertiary alicyclic amines) is 1. The summed E-state index contributed by atoms with van der Waals surface area (Å²) in [5.41, 5.74) is 0. The van der Waals surface area contributed by atoms with E-state index in [4.69, 9.17) is 5.11 Å². The molecule has 2 N–H and O–H groups in total. The molecule has 2 unspecified atom stereocenters. The van der Waals surface area contributed by atoms with Crippen molar-refractivity contribution in [2.45, 2.75) is 26.2 Å². The van der Waals surface area contributed by atoms with Gasteiger partial charge in [0.1, 0.15) is 0 Å². The molecule has 1 saturated heterocycles. The van der Waals surface area contributed by atoms with Gasteiger partial charge in [0.15, 0.2) is 0 Å². The molecule has 0 saturated carbocycles. The Morgan fingerprint density at radius 1 is 1.32 bits per heavy atom. The summed E-state index contributed by atoms with van der Waals surface area (Å²) < 4.78 is 0. The van der Waals surface area contributed by atoms with E-state index >= 15 is 0 Å². The number of hydrogen-bond donors (Lipinski definition) is 2. The number of rotatable bonds is 7. The van der Waals surface area contributed by atoms with Crippen molar-refractivity contribution in [1.29, 1.82) is 0 Å². The first-order chi connectivity index (χ1) is 9.06. The predicted octanol–water partition coefficient (Wildman–Crippen LogP) is 1.88. The Morgan fingerprint density at radius 3 is 2.63 bits per heavy atom. The topological polar surface area (TPSA) is 69.6 Å². The van der Waals surface area contributed by atoms with Crippen molar-refractivity contribution >= 4 is 23.8 Å². The minimum absolute atomic E-state index is 0.0322. The van der Waals surface area contributed by atoms with Crippen LogP contribution in [0.4, 0.5) is 4.79 Å². The van der Waals surface area contributed by atoms with Crippen molar-refractivity contribution in [3.05, 3.63) is 0 Å². The van der Waals surface area contributed by atoms with Crippen molar-refractivity contribution in [2.75, 3.05) is 31.6 Å². The van der Waals surface area contributed by atoms with Gasteiger partial charge in [-0.2, -0.15) is 11.8 Å². The van der Waals surface area contributed by atoms with Gasteiger partial charge in [-0.1, -0.05) is 13.3 Å². The minimum atomic E-state index is -0.806. The first kappa shape index (κ1) is 16.1. The lowest BCUT2D eigenvalue weighted by Crippen LogP contribution is -2.39. The zero-order valence-electron chi connectivity index (χ0n) is 11.7. The summed E-state index contributed by atoms with van der Waals surface area (Å²) in [6, 6.07) is -0.125. The molecule has 0 aromatic carbocycles. The van der Waals surface area contributed by atoms with Crippen molar-refractivity contribution in [1.82, 2.24) is 10.2 Å². The van der Waals surface area contributed by atoms with Crippen LogP contribution in [0, 0.1) is 11.8 Å². The molecule has 1 aliphatic heterocycles. The highest BCUT2D eigenvalue weighted by Crippen LogP contribution is 2.22. The molecule has 0 spiro atoms. The lowest BCUT2D eigenvalue weighted by Gasteiger charge is -2.16. The van der Waals surface area contributed by atoms with Crippen LogP contribution in [-0.2, 0) is 4.79 Å². The molecule has 6 heteroatoms. The molecule has 2 amide bonds. The van der Waals surface area contributed by atoms with Gasteiger partial charge in [-0.05, 0) is 30.8 Å². The molecule has 19 heavy (non-hydrogen) atoms. The smallest absolute Gasteiger partial charge is 0.317 e. The number of carbonyl (C=O) groups excluding carboxylic acids is 1. The number of unbranched alkanes of at least 4 members (excludes halogenated alkanes) is 2. The van der Waals surface area contributed by atoms with Gasteiger partial charge < -0.3 is 15.3 Å². The number of carbonyl (C=O) groups is 2. The number of nitrogens with zero attached hydrogens (tertiary/aromatic N) is 1. The summed E-state index contributed by atoms with van der Waals surface area (Å²) >= 11 is 1.84. The number of carboxylic acid groups (broad SMARTS) is 1. The van der Waals surface area contributed by atoms with E-state index in [0.717, 1.165) is 18.6 Å². The normalized spacial score (nSPS) is 22.5. The van der Waals surface area contributed by atoms with Crippen LogP contribution < -0.4 is 5.32 Å². The summed E-state index contributed by atoms with van der Waals surface area (Å²) in [4.78, 5) is 24.5. The van der Waals surface area contributed by atoms with Crippen LogP contribution in [0.3, 0.4) is 0 Å². The second-order valence-corrected chi connectivity index (χ2v) is 6.10. The Bertz CT molecular complexity index is 312. The number of urea groups is 1. The first-order valence-corrected chi connectivity index (χ1v) is 8.20. The van der Waals surface area contributed by atoms with Crippen LogP contribution in [0.1, 0.15) is 26.2 Å². The second-order valence-electron chi connectivity index (χ2n) is 5.11. The van der Waals surface area contributed by atoms with Crippen molar-refractivity contribution in [3.63, 3.8) is 0 Å². The molecule has 1 aliphatic rings. The Morgan fingerprint density at radius 2 is 2.05 bits per heavy atom. The quantitative estimate of drug-likeness (QED) is 0.702. The molecule has 110 valence electrons. The molecule has 1 rings (SSSR count). The van der Waals surface area contributed by atoms with E-state index in [9.17, 15) is 9.59 Å².